The van der Waals surface area contributed by atoms with Crippen molar-refractivity contribution in [2.75, 3.05) is 26.9 Å². The number of rotatable bonds is 10. The van der Waals surface area contributed by atoms with Gasteiger partial charge in [-0.05, 0) is 55.2 Å². The standard InChI is InChI=1S/C25H32N2O5/c1-4-12-26-25(29)18(2)27(17-20-6-5-7-21(15-20)30-3)24(28)11-9-19-8-10-22-23(16-19)32-14-13-31-22/h5-8,10,15-16,18H,4,9,11-14,17H2,1-3H3,(H,26,29). The van der Waals surface area contributed by atoms with Gasteiger partial charge in [-0.2, -0.15) is 0 Å². The third kappa shape index (κ3) is 6.15. The number of carbonyl (C=O) groups excluding carboxylic acids is 2. The van der Waals surface area contributed by atoms with Gasteiger partial charge in [-0.25, -0.2) is 0 Å². The van der Waals surface area contributed by atoms with Gasteiger partial charge in [0.1, 0.15) is 25.0 Å². The zero-order chi connectivity index (χ0) is 22.9. The van der Waals surface area contributed by atoms with Crippen molar-refractivity contribution in [3.63, 3.8) is 0 Å². The van der Waals surface area contributed by atoms with Gasteiger partial charge in [0.05, 0.1) is 7.11 Å². The summed E-state index contributed by atoms with van der Waals surface area (Å²) in [4.78, 5) is 27.5. The van der Waals surface area contributed by atoms with Gasteiger partial charge < -0.3 is 24.4 Å². The molecule has 172 valence electrons. The predicted octanol–water partition coefficient (Wildman–Crippen LogP) is 3.34. The third-order valence-electron chi connectivity index (χ3n) is 5.44. The number of aryl methyl sites for hydroxylation is 1. The number of amides is 2. The predicted molar refractivity (Wildman–Crippen MR) is 122 cm³/mol. The Morgan fingerprint density at radius 1 is 1.09 bits per heavy atom. The minimum Gasteiger partial charge on any atom is -0.497 e. The second-order valence-electron chi connectivity index (χ2n) is 7.82. The molecule has 0 aromatic heterocycles. The van der Waals surface area contributed by atoms with Crippen LogP contribution in [0.5, 0.6) is 17.2 Å². The van der Waals surface area contributed by atoms with Crippen LogP contribution in [0.1, 0.15) is 37.8 Å². The van der Waals surface area contributed by atoms with Gasteiger partial charge in [-0.1, -0.05) is 25.1 Å². The highest BCUT2D eigenvalue weighted by molar-refractivity contribution is 5.87. The maximum Gasteiger partial charge on any atom is 0.242 e. The molecule has 0 bridgehead atoms. The van der Waals surface area contributed by atoms with Crippen LogP contribution in [0.3, 0.4) is 0 Å². The molecule has 2 amide bonds. The van der Waals surface area contributed by atoms with Crippen LogP contribution < -0.4 is 19.5 Å². The van der Waals surface area contributed by atoms with E-state index in [1.807, 2.05) is 49.4 Å². The topological polar surface area (TPSA) is 77.1 Å². The van der Waals surface area contributed by atoms with Gasteiger partial charge in [0.2, 0.25) is 11.8 Å². The largest absolute Gasteiger partial charge is 0.497 e. The second-order valence-corrected chi connectivity index (χ2v) is 7.82. The minimum atomic E-state index is -0.583. The Morgan fingerprint density at radius 2 is 1.88 bits per heavy atom. The molecule has 2 aromatic rings. The van der Waals surface area contributed by atoms with E-state index in [0.717, 1.165) is 23.3 Å². The summed E-state index contributed by atoms with van der Waals surface area (Å²) in [6.07, 6.45) is 1.68. The highest BCUT2D eigenvalue weighted by Crippen LogP contribution is 2.31. The van der Waals surface area contributed by atoms with Crippen LogP contribution >= 0.6 is 0 Å². The highest BCUT2D eigenvalue weighted by atomic mass is 16.6. The lowest BCUT2D eigenvalue weighted by Gasteiger charge is -2.29. The van der Waals surface area contributed by atoms with Gasteiger partial charge >= 0.3 is 0 Å². The monoisotopic (exact) mass is 440 g/mol. The third-order valence-corrected chi connectivity index (χ3v) is 5.44. The van der Waals surface area contributed by atoms with Crippen LogP contribution in [-0.4, -0.2) is 49.6 Å². The Kier molecular flexibility index (Phi) is 8.36. The molecule has 7 nitrogen and oxygen atoms in total. The lowest BCUT2D eigenvalue weighted by atomic mass is 10.1. The molecule has 1 heterocycles. The molecule has 1 N–H and O–H groups in total. The number of nitrogens with one attached hydrogen (secondary N) is 1. The molecule has 1 atom stereocenters. The fourth-order valence-corrected chi connectivity index (χ4v) is 3.58. The minimum absolute atomic E-state index is 0.0816. The van der Waals surface area contributed by atoms with Gasteiger partial charge in [-0.15, -0.1) is 0 Å². The van der Waals surface area contributed by atoms with Crippen LogP contribution in [0.15, 0.2) is 42.5 Å². The molecule has 32 heavy (non-hydrogen) atoms. The van der Waals surface area contributed by atoms with E-state index >= 15 is 0 Å². The molecule has 0 saturated heterocycles. The fraction of sp³-hybridized carbons (Fsp3) is 0.440. The molecule has 0 aliphatic carbocycles. The molecule has 0 fully saturated rings. The van der Waals surface area contributed by atoms with Crippen molar-refractivity contribution in [2.24, 2.45) is 0 Å². The van der Waals surface area contributed by atoms with Gasteiger partial charge in [0.15, 0.2) is 11.5 Å². The van der Waals surface area contributed by atoms with E-state index in [9.17, 15) is 9.59 Å². The summed E-state index contributed by atoms with van der Waals surface area (Å²) in [6.45, 7) is 5.75. The lowest BCUT2D eigenvalue weighted by Crippen LogP contribution is -2.47. The van der Waals surface area contributed by atoms with Crippen LogP contribution in [0.25, 0.3) is 0 Å². The molecule has 0 saturated carbocycles. The normalized spacial score (nSPS) is 13.2. The van der Waals surface area contributed by atoms with Crippen molar-refractivity contribution in [3.05, 3.63) is 53.6 Å². The summed E-state index contributed by atoms with van der Waals surface area (Å²) in [5, 5.41) is 2.90. The number of methoxy groups -OCH3 is 1. The lowest BCUT2D eigenvalue weighted by molar-refractivity contribution is -0.140. The average Bonchev–Trinajstić information content (AvgIpc) is 2.83. The summed E-state index contributed by atoms with van der Waals surface area (Å²) in [5.74, 6) is 1.92. The number of ether oxygens (including phenoxy) is 3. The molecule has 1 aliphatic rings. The summed E-state index contributed by atoms with van der Waals surface area (Å²) in [6, 6.07) is 12.7. The van der Waals surface area contributed by atoms with Crippen molar-refractivity contribution in [1.29, 1.82) is 0 Å². The van der Waals surface area contributed by atoms with Crippen molar-refractivity contribution < 1.29 is 23.8 Å². The molecule has 0 spiro atoms. The van der Waals surface area contributed by atoms with Crippen molar-refractivity contribution in [3.8, 4) is 17.2 Å². The summed E-state index contributed by atoms with van der Waals surface area (Å²) < 4.78 is 16.5. The molecule has 2 aromatic carbocycles. The maximum atomic E-state index is 13.2. The maximum absolute atomic E-state index is 13.2. The fourth-order valence-electron chi connectivity index (χ4n) is 3.58. The summed E-state index contributed by atoms with van der Waals surface area (Å²) in [5.41, 5.74) is 1.90. The summed E-state index contributed by atoms with van der Waals surface area (Å²) >= 11 is 0. The van der Waals surface area contributed by atoms with E-state index in [4.69, 9.17) is 14.2 Å². The Hall–Kier alpha value is -3.22. The van der Waals surface area contributed by atoms with E-state index < -0.39 is 6.04 Å². The average molecular weight is 441 g/mol. The number of fused-ring (bicyclic) bond motifs is 1. The van der Waals surface area contributed by atoms with Crippen LogP contribution in [-0.2, 0) is 22.6 Å². The number of nitrogens with zero attached hydrogens (tertiary/aromatic N) is 1. The zero-order valence-electron chi connectivity index (χ0n) is 19.1. The first-order valence-corrected chi connectivity index (χ1v) is 11.1. The molecule has 7 heteroatoms. The quantitative estimate of drug-likeness (QED) is 0.613. The zero-order valence-corrected chi connectivity index (χ0v) is 19.1. The van der Waals surface area contributed by atoms with Crippen molar-refractivity contribution >= 4 is 11.8 Å². The number of benzene rings is 2. The summed E-state index contributed by atoms with van der Waals surface area (Å²) in [7, 11) is 1.61. The molecule has 3 rings (SSSR count). The first kappa shape index (κ1) is 23.4. The second kappa shape index (κ2) is 11.4. The van der Waals surface area contributed by atoms with Crippen molar-refractivity contribution in [1.82, 2.24) is 10.2 Å². The van der Waals surface area contributed by atoms with E-state index in [0.29, 0.717) is 44.2 Å². The molecule has 0 radical (unpaired) electrons. The van der Waals surface area contributed by atoms with Crippen LogP contribution in [0.2, 0.25) is 0 Å². The Bertz CT molecular complexity index is 930. The molecular formula is C25H32N2O5. The number of carbonyl (C=O) groups is 2. The van der Waals surface area contributed by atoms with Crippen molar-refractivity contribution in [2.45, 2.75) is 45.7 Å². The molecular weight excluding hydrogens is 408 g/mol. The number of hydrogen-bond acceptors (Lipinski definition) is 5. The Labute approximate surface area is 189 Å². The first-order chi connectivity index (χ1) is 15.5. The SMILES string of the molecule is CCCNC(=O)C(C)N(Cc1cccc(OC)c1)C(=O)CCc1ccc2c(c1)OCCO2. The number of hydrogen-bond donors (Lipinski definition) is 1. The van der Waals surface area contributed by atoms with E-state index in [2.05, 4.69) is 5.32 Å². The van der Waals surface area contributed by atoms with E-state index in [1.54, 1.807) is 18.9 Å². The van der Waals surface area contributed by atoms with E-state index in [1.165, 1.54) is 0 Å². The smallest absolute Gasteiger partial charge is 0.242 e. The van der Waals surface area contributed by atoms with Crippen LogP contribution in [0.4, 0.5) is 0 Å². The van der Waals surface area contributed by atoms with Gasteiger partial charge in [0.25, 0.3) is 0 Å². The van der Waals surface area contributed by atoms with E-state index in [-0.39, 0.29) is 18.2 Å². The first-order valence-electron chi connectivity index (χ1n) is 11.1. The Morgan fingerprint density at radius 3 is 2.62 bits per heavy atom. The molecule has 1 aliphatic heterocycles. The molecule has 1 unspecified atom stereocenters. The van der Waals surface area contributed by atoms with Crippen LogP contribution in [0, 0.1) is 0 Å². The highest BCUT2D eigenvalue weighted by Gasteiger charge is 2.26. The van der Waals surface area contributed by atoms with Gasteiger partial charge in [0, 0.05) is 19.5 Å². The Balaban J connectivity index is 1.72. The van der Waals surface area contributed by atoms with Gasteiger partial charge in [-0.3, -0.25) is 9.59 Å².